The standard InChI is InChI=1S/C21H28O4/c1-14(8-6-9-16(3)18(19(22)23)20(24)25)11-12-17-15(2)10-7-13-21(17,4)5/h6,8-12,17H,7,13H2,1-5H3,(H,22,23)(H,24,25)/b9-6+,12-11+,14-8+. The molecule has 0 amide bonds. The molecule has 1 rings (SSSR count). The van der Waals surface area contributed by atoms with E-state index in [0.717, 1.165) is 12.0 Å². The van der Waals surface area contributed by atoms with E-state index < -0.39 is 17.5 Å². The molecule has 4 nitrogen and oxygen atoms in total. The summed E-state index contributed by atoms with van der Waals surface area (Å²) >= 11 is 0. The van der Waals surface area contributed by atoms with E-state index in [2.05, 4.69) is 39.0 Å². The minimum Gasteiger partial charge on any atom is -0.477 e. The Morgan fingerprint density at radius 2 is 1.76 bits per heavy atom. The summed E-state index contributed by atoms with van der Waals surface area (Å²) < 4.78 is 0. The average Bonchev–Trinajstić information content (AvgIpc) is 2.45. The third kappa shape index (κ3) is 5.89. The van der Waals surface area contributed by atoms with Crippen molar-refractivity contribution in [3.05, 3.63) is 58.7 Å². The van der Waals surface area contributed by atoms with Crippen molar-refractivity contribution in [1.82, 2.24) is 0 Å². The van der Waals surface area contributed by atoms with Gasteiger partial charge in [-0.25, -0.2) is 9.59 Å². The van der Waals surface area contributed by atoms with Crippen LogP contribution >= 0.6 is 0 Å². The van der Waals surface area contributed by atoms with Crippen molar-refractivity contribution in [3.63, 3.8) is 0 Å². The van der Waals surface area contributed by atoms with Gasteiger partial charge < -0.3 is 10.2 Å². The number of hydrogen-bond acceptors (Lipinski definition) is 2. The maximum absolute atomic E-state index is 10.9. The molecule has 0 aromatic carbocycles. The minimum absolute atomic E-state index is 0.209. The third-order valence-corrected chi connectivity index (χ3v) is 4.67. The van der Waals surface area contributed by atoms with Crippen LogP contribution < -0.4 is 0 Å². The molecule has 0 fully saturated rings. The Hall–Kier alpha value is -2.36. The van der Waals surface area contributed by atoms with Crippen molar-refractivity contribution in [2.75, 3.05) is 0 Å². The highest BCUT2D eigenvalue weighted by Gasteiger charge is 2.30. The molecule has 2 N–H and O–H groups in total. The third-order valence-electron chi connectivity index (χ3n) is 4.67. The van der Waals surface area contributed by atoms with E-state index in [1.807, 2.05) is 13.0 Å². The predicted octanol–water partition coefficient (Wildman–Crippen LogP) is 4.91. The molecule has 1 atom stereocenters. The Morgan fingerprint density at radius 1 is 1.16 bits per heavy atom. The van der Waals surface area contributed by atoms with Crippen molar-refractivity contribution >= 4 is 11.9 Å². The maximum Gasteiger partial charge on any atom is 0.343 e. The van der Waals surface area contributed by atoms with Crippen LogP contribution in [0.5, 0.6) is 0 Å². The Balaban J connectivity index is 2.90. The van der Waals surface area contributed by atoms with Gasteiger partial charge in [0.15, 0.2) is 0 Å². The van der Waals surface area contributed by atoms with Crippen LogP contribution in [0.15, 0.2) is 58.7 Å². The molecule has 0 saturated carbocycles. The molecule has 0 aliphatic heterocycles. The second kappa shape index (κ2) is 8.65. The first-order valence-electron chi connectivity index (χ1n) is 8.43. The summed E-state index contributed by atoms with van der Waals surface area (Å²) in [6.07, 6.45) is 13.9. The molecular formula is C21H28O4. The molecule has 1 unspecified atom stereocenters. The van der Waals surface area contributed by atoms with E-state index in [-0.39, 0.29) is 11.0 Å². The zero-order chi connectivity index (χ0) is 19.2. The lowest BCUT2D eigenvalue weighted by Gasteiger charge is -2.36. The molecule has 0 spiro atoms. The van der Waals surface area contributed by atoms with Crippen LogP contribution in [0.1, 0.15) is 47.5 Å². The van der Waals surface area contributed by atoms with Crippen LogP contribution in [0, 0.1) is 11.3 Å². The van der Waals surface area contributed by atoms with E-state index in [9.17, 15) is 9.59 Å². The first kappa shape index (κ1) is 20.7. The number of allylic oxidation sites excluding steroid dienone is 9. The van der Waals surface area contributed by atoms with E-state index in [1.165, 1.54) is 25.0 Å². The van der Waals surface area contributed by atoms with E-state index in [0.29, 0.717) is 5.92 Å². The lowest BCUT2D eigenvalue weighted by atomic mass is 9.68. The summed E-state index contributed by atoms with van der Waals surface area (Å²) in [7, 11) is 0. The number of hydrogen-bond donors (Lipinski definition) is 2. The summed E-state index contributed by atoms with van der Waals surface area (Å²) in [5.41, 5.74) is 2.25. The molecule has 1 aliphatic carbocycles. The highest BCUT2D eigenvalue weighted by Crippen LogP contribution is 2.41. The van der Waals surface area contributed by atoms with Gasteiger partial charge in [-0.05, 0) is 44.6 Å². The molecule has 25 heavy (non-hydrogen) atoms. The summed E-state index contributed by atoms with van der Waals surface area (Å²) in [6, 6.07) is 0. The molecule has 0 bridgehead atoms. The highest BCUT2D eigenvalue weighted by atomic mass is 16.4. The molecule has 0 radical (unpaired) electrons. The van der Waals surface area contributed by atoms with Crippen LogP contribution in [0.3, 0.4) is 0 Å². The molecule has 0 heterocycles. The summed E-state index contributed by atoms with van der Waals surface area (Å²) in [6.45, 7) is 10.2. The fourth-order valence-corrected chi connectivity index (χ4v) is 3.14. The molecule has 0 saturated heterocycles. The SMILES string of the molecule is CC1=CCCC(C)(C)C1/C=C/C(C)=C/C=C/C(C)=C(C(=O)O)C(=O)O. The van der Waals surface area contributed by atoms with Crippen molar-refractivity contribution < 1.29 is 19.8 Å². The average molecular weight is 344 g/mol. The Kier molecular flexibility index (Phi) is 7.16. The van der Waals surface area contributed by atoms with Gasteiger partial charge in [0.2, 0.25) is 0 Å². The molecular weight excluding hydrogens is 316 g/mol. The second-order valence-electron chi connectivity index (χ2n) is 7.25. The van der Waals surface area contributed by atoms with Gasteiger partial charge in [-0.2, -0.15) is 0 Å². The molecule has 0 aromatic heterocycles. The lowest BCUT2D eigenvalue weighted by Crippen LogP contribution is -2.26. The first-order valence-corrected chi connectivity index (χ1v) is 8.43. The van der Waals surface area contributed by atoms with Crippen LogP contribution in [0.2, 0.25) is 0 Å². The van der Waals surface area contributed by atoms with Gasteiger partial charge in [0.25, 0.3) is 0 Å². The zero-order valence-corrected chi connectivity index (χ0v) is 15.7. The topological polar surface area (TPSA) is 74.6 Å². The number of carboxylic acids is 2. The van der Waals surface area contributed by atoms with Crippen molar-refractivity contribution in [2.45, 2.75) is 47.5 Å². The van der Waals surface area contributed by atoms with Crippen LogP contribution in [0.4, 0.5) is 0 Å². The lowest BCUT2D eigenvalue weighted by molar-refractivity contribution is -0.140. The van der Waals surface area contributed by atoms with Crippen molar-refractivity contribution in [3.8, 4) is 0 Å². The normalized spacial score (nSPS) is 20.6. The monoisotopic (exact) mass is 344 g/mol. The highest BCUT2D eigenvalue weighted by molar-refractivity contribution is 6.13. The van der Waals surface area contributed by atoms with Crippen molar-refractivity contribution in [2.24, 2.45) is 11.3 Å². The van der Waals surface area contributed by atoms with E-state index in [4.69, 9.17) is 10.2 Å². The van der Waals surface area contributed by atoms with Crippen molar-refractivity contribution in [1.29, 1.82) is 0 Å². The smallest absolute Gasteiger partial charge is 0.343 e. The second-order valence-corrected chi connectivity index (χ2v) is 7.25. The summed E-state index contributed by atoms with van der Waals surface area (Å²) in [5.74, 6) is -2.46. The van der Waals surface area contributed by atoms with Gasteiger partial charge >= 0.3 is 11.9 Å². The summed E-state index contributed by atoms with van der Waals surface area (Å²) in [5, 5.41) is 17.8. The number of aliphatic carboxylic acids is 2. The van der Waals surface area contributed by atoms with Gasteiger partial charge in [-0.3, -0.25) is 0 Å². The zero-order valence-electron chi connectivity index (χ0n) is 15.7. The molecule has 0 aromatic rings. The Morgan fingerprint density at radius 3 is 2.28 bits per heavy atom. The number of rotatable bonds is 6. The fraction of sp³-hybridized carbons (Fsp3) is 0.429. The maximum atomic E-state index is 10.9. The number of carbonyl (C=O) groups is 2. The van der Waals surface area contributed by atoms with Crippen LogP contribution in [0.25, 0.3) is 0 Å². The Bertz CT molecular complexity index is 669. The Labute approximate surface area is 149 Å². The molecule has 4 heteroatoms. The largest absolute Gasteiger partial charge is 0.477 e. The molecule has 1 aliphatic rings. The van der Waals surface area contributed by atoms with Gasteiger partial charge in [0.05, 0.1) is 0 Å². The number of carboxylic acid groups (broad SMARTS) is 2. The first-order chi connectivity index (χ1) is 11.6. The fourth-order valence-electron chi connectivity index (χ4n) is 3.14. The van der Waals surface area contributed by atoms with Gasteiger partial charge in [0, 0.05) is 5.92 Å². The van der Waals surface area contributed by atoms with E-state index in [1.54, 1.807) is 6.08 Å². The summed E-state index contributed by atoms with van der Waals surface area (Å²) in [4.78, 5) is 21.9. The van der Waals surface area contributed by atoms with Crippen LogP contribution in [-0.2, 0) is 9.59 Å². The van der Waals surface area contributed by atoms with Gasteiger partial charge in [-0.1, -0.05) is 61.4 Å². The van der Waals surface area contributed by atoms with Gasteiger partial charge in [0.1, 0.15) is 5.57 Å². The van der Waals surface area contributed by atoms with Crippen LogP contribution in [-0.4, -0.2) is 22.2 Å². The quantitative estimate of drug-likeness (QED) is 0.236. The predicted molar refractivity (Wildman–Crippen MR) is 100 cm³/mol. The minimum atomic E-state index is -1.43. The van der Waals surface area contributed by atoms with Gasteiger partial charge in [-0.15, -0.1) is 0 Å². The van der Waals surface area contributed by atoms with E-state index >= 15 is 0 Å². The molecule has 136 valence electrons.